The maximum Gasteiger partial charge on any atom is 0.224 e. The molecule has 0 aliphatic rings. The van der Waals surface area contributed by atoms with Crippen LogP contribution in [-0.2, 0) is 5.41 Å². The van der Waals surface area contributed by atoms with Crippen LogP contribution in [0.1, 0.15) is 26.6 Å². The van der Waals surface area contributed by atoms with Crippen LogP contribution < -0.4 is 20.7 Å². The molecule has 0 aliphatic carbocycles. The highest BCUT2D eigenvalue weighted by Gasteiger charge is 2.19. The average Bonchev–Trinajstić information content (AvgIpc) is 2.46. The van der Waals surface area contributed by atoms with Crippen LogP contribution in [0.4, 0.5) is 5.82 Å². The maximum absolute atomic E-state index is 5.75. The minimum Gasteiger partial charge on any atom is -0.497 e. The summed E-state index contributed by atoms with van der Waals surface area (Å²) >= 11 is 0. The number of benzene rings is 1. The van der Waals surface area contributed by atoms with Crippen molar-refractivity contribution in [2.75, 3.05) is 12.5 Å². The van der Waals surface area contributed by atoms with Crippen LogP contribution in [0.15, 0.2) is 30.3 Å². The number of nitrogens with one attached hydrogen (secondary N) is 1. The van der Waals surface area contributed by atoms with Crippen molar-refractivity contribution < 1.29 is 9.47 Å². The van der Waals surface area contributed by atoms with Crippen molar-refractivity contribution in [3.05, 3.63) is 36.2 Å². The summed E-state index contributed by atoms with van der Waals surface area (Å²) in [5.41, 5.74) is 2.33. The second-order valence-electron chi connectivity index (χ2n) is 5.59. The van der Waals surface area contributed by atoms with Crippen LogP contribution in [0, 0.1) is 0 Å². The molecule has 112 valence electrons. The van der Waals surface area contributed by atoms with Gasteiger partial charge in [0.2, 0.25) is 5.88 Å². The first-order valence-corrected chi connectivity index (χ1v) is 6.60. The quantitative estimate of drug-likeness (QED) is 0.665. The number of hydrogen-bond donors (Lipinski definition) is 2. The van der Waals surface area contributed by atoms with E-state index in [2.05, 4.69) is 15.4 Å². The van der Waals surface area contributed by atoms with Gasteiger partial charge in [-0.05, 0) is 24.3 Å². The number of ether oxygens (including phenoxy) is 2. The Labute approximate surface area is 124 Å². The molecule has 0 radical (unpaired) electrons. The highest BCUT2D eigenvalue weighted by Crippen LogP contribution is 2.27. The van der Waals surface area contributed by atoms with E-state index in [0.29, 0.717) is 23.3 Å². The number of nitrogen functional groups attached to an aromatic ring is 1. The molecule has 3 N–H and O–H groups in total. The van der Waals surface area contributed by atoms with Gasteiger partial charge in [-0.15, -0.1) is 0 Å². The van der Waals surface area contributed by atoms with E-state index in [0.717, 1.165) is 5.75 Å². The van der Waals surface area contributed by atoms with Crippen LogP contribution in [0.5, 0.6) is 17.4 Å². The lowest BCUT2D eigenvalue weighted by molar-refractivity contribution is 0.411. The molecule has 6 heteroatoms. The molecule has 2 rings (SSSR count). The third kappa shape index (κ3) is 3.82. The molecule has 1 heterocycles. The second-order valence-corrected chi connectivity index (χ2v) is 5.59. The molecule has 2 aromatic rings. The summed E-state index contributed by atoms with van der Waals surface area (Å²) in [6.45, 7) is 6.08. The summed E-state index contributed by atoms with van der Waals surface area (Å²) in [5, 5.41) is 0. The van der Waals surface area contributed by atoms with Crippen LogP contribution in [0.3, 0.4) is 0 Å². The van der Waals surface area contributed by atoms with Crippen LogP contribution in [0.25, 0.3) is 0 Å². The largest absolute Gasteiger partial charge is 0.497 e. The highest BCUT2D eigenvalue weighted by atomic mass is 16.5. The lowest BCUT2D eigenvalue weighted by atomic mass is 9.96. The summed E-state index contributed by atoms with van der Waals surface area (Å²) in [6.07, 6.45) is 0. The molecule has 1 aromatic carbocycles. The zero-order valence-corrected chi connectivity index (χ0v) is 12.7. The molecule has 0 spiro atoms. The van der Waals surface area contributed by atoms with Crippen molar-refractivity contribution in [3.63, 3.8) is 0 Å². The van der Waals surface area contributed by atoms with Crippen molar-refractivity contribution >= 4 is 5.82 Å². The van der Waals surface area contributed by atoms with Crippen molar-refractivity contribution in [3.8, 4) is 17.4 Å². The summed E-state index contributed by atoms with van der Waals surface area (Å²) in [4.78, 5) is 8.78. The Hall–Kier alpha value is -2.34. The van der Waals surface area contributed by atoms with Gasteiger partial charge in [-0.3, -0.25) is 0 Å². The van der Waals surface area contributed by atoms with Gasteiger partial charge in [-0.25, -0.2) is 10.8 Å². The molecular weight excluding hydrogens is 268 g/mol. The van der Waals surface area contributed by atoms with Gasteiger partial charge in [0.1, 0.15) is 23.1 Å². The molecule has 0 bridgehead atoms. The van der Waals surface area contributed by atoms with Gasteiger partial charge in [0.25, 0.3) is 0 Å². The Morgan fingerprint density at radius 2 is 1.67 bits per heavy atom. The SMILES string of the molecule is COc1ccc(Oc2cc(NN)nc(C(C)(C)C)n2)cc1. The molecule has 0 fully saturated rings. The van der Waals surface area contributed by atoms with Gasteiger partial charge in [0.15, 0.2) is 0 Å². The standard InChI is InChI=1S/C15H20N4O2/c1-15(2,3)14-17-12(19-16)9-13(18-14)21-11-7-5-10(20-4)6-8-11/h5-9H,16H2,1-4H3,(H,17,18,19). The van der Waals surface area contributed by atoms with Crippen LogP contribution in [-0.4, -0.2) is 17.1 Å². The third-order valence-electron chi connectivity index (χ3n) is 2.80. The van der Waals surface area contributed by atoms with E-state index in [1.54, 1.807) is 13.2 Å². The predicted molar refractivity (Wildman–Crippen MR) is 81.6 cm³/mol. The predicted octanol–water partition coefficient (Wildman–Crippen LogP) is 2.86. The molecule has 0 unspecified atom stereocenters. The normalized spacial score (nSPS) is 11.1. The second kappa shape index (κ2) is 5.97. The Morgan fingerprint density at radius 1 is 1.05 bits per heavy atom. The highest BCUT2D eigenvalue weighted by molar-refractivity contribution is 5.40. The van der Waals surface area contributed by atoms with E-state index >= 15 is 0 Å². The molecule has 0 amide bonds. The topological polar surface area (TPSA) is 82.3 Å². The molecule has 0 saturated carbocycles. The number of rotatable bonds is 4. The monoisotopic (exact) mass is 288 g/mol. The number of hydrogen-bond acceptors (Lipinski definition) is 6. The summed E-state index contributed by atoms with van der Waals surface area (Å²) in [6, 6.07) is 8.92. The smallest absolute Gasteiger partial charge is 0.224 e. The molecule has 21 heavy (non-hydrogen) atoms. The number of methoxy groups -OCH3 is 1. The van der Waals surface area contributed by atoms with Gasteiger partial charge in [-0.1, -0.05) is 20.8 Å². The van der Waals surface area contributed by atoms with Gasteiger partial charge in [0.05, 0.1) is 7.11 Å². The van der Waals surface area contributed by atoms with Gasteiger partial charge in [-0.2, -0.15) is 4.98 Å². The Morgan fingerprint density at radius 3 is 2.19 bits per heavy atom. The zero-order chi connectivity index (χ0) is 15.5. The first kappa shape index (κ1) is 15.1. The lowest BCUT2D eigenvalue weighted by Crippen LogP contribution is -2.19. The molecular formula is C15H20N4O2. The van der Waals surface area contributed by atoms with Crippen LogP contribution >= 0.6 is 0 Å². The van der Waals surface area contributed by atoms with Crippen molar-refractivity contribution in [1.29, 1.82) is 0 Å². The van der Waals surface area contributed by atoms with E-state index in [9.17, 15) is 0 Å². The Kier molecular flexibility index (Phi) is 4.28. The van der Waals surface area contributed by atoms with Crippen molar-refractivity contribution in [1.82, 2.24) is 9.97 Å². The van der Waals surface area contributed by atoms with Gasteiger partial charge >= 0.3 is 0 Å². The van der Waals surface area contributed by atoms with Crippen molar-refractivity contribution in [2.45, 2.75) is 26.2 Å². The minimum absolute atomic E-state index is 0.203. The van der Waals surface area contributed by atoms with E-state index in [1.807, 2.05) is 45.0 Å². The molecule has 6 nitrogen and oxygen atoms in total. The average molecular weight is 288 g/mol. The van der Waals surface area contributed by atoms with Gasteiger partial charge < -0.3 is 14.9 Å². The maximum atomic E-state index is 5.75. The molecule has 0 saturated heterocycles. The van der Waals surface area contributed by atoms with Crippen LogP contribution in [0.2, 0.25) is 0 Å². The van der Waals surface area contributed by atoms with Crippen molar-refractivity contribution in [2.24, 2.45) is 5.84 Å². The lowest BCUT2D eigenvalue weighted by Gasteiger charge is -2.18. The number of nitrogens with two attached hydrogens (primary N) is 1. The fraction of sp³-hybridized carbons (Fsp3) is 0.333. The number of hydrazine groups is 1. The van der Waals surface area contributed by atoms with E-state index < -0.39 is 0 Å². The Bertz CT molecular complexity index is 606. The Balaban J connectivity index is 2.29. The number of aromatic nitrogens is 2. The summed E-state index contributed by atoms with van der Waals surface area (Å²) in [5.74, 6) is 8.49. The fourth-order valence-electron chi connectivity index (χ4n) is 1.65. The first-order chi connectivity index (χ1) is 9.92. The molecule has 1 aromatic heterocycles. The number of anilines is 1. The minimum atomic E-state index is -0.203. The third-order valence-corrected chi connectivity index (χ3v) is 2.80. The zero-order valence-electron chi connectivity index (χ0n) is 12.7. The van der Waals surface area contributed by atoms with E-state index in [-0.39, 0.29) is 5.41 Å². The van der Waals surface area contributed by atoms with E-state index in [1.165, 1.54) is 0 Å². The first-order valence-electron chi connectivity index (χ1n) is 6.60. The van der Waals surface area contributed by atoms with E-state index in [4.69, 9.17) is 15.3 Å². The molecule has 0 atom stereocenters. The number of nitrogens with zero attached hydrogens (tertiary/aromatic N) is 2. The summed E-state index contributed by atoms with van der Waals surface area (Å²) in [7, 11) is 1.62. The summed E-state index contributed by atoms with van der Waals surface area (Å²) < 4.78 is 10.9. The molecule has 0 aliphatic heterocycles. The fourth-order valence-corrected chi connectivity index (χ4v) is 1.65. The van der Waals surface area contributed by atoms with Gasteiger partial charge in [0, 0.05) is 11.5 Å².